The van der Waals surface area contributed by atoms with E-state index < -0.39 is 0 Å². The highest BCUT2D eigenvalue weighted by molar-refractivity contribution is 4.58. The van der Waals surface area contributed by atoms with Crippen LogP contribution in [0.2, 0.25) is 0 Å². The predicted octanol–water partition coefficient (Wildman–Crippen LogP) is 2.51. The van der Waals surface area contributed by atoms with Crippen LogP contribution in [0.5, 0.6) is 0 Å². The van der Waals surface area contributed by atoms with Gasteiger partial charge in [0.15, 0.2) is 0 Å². The summed E-state index contributed by atoms with van der Waals surface area (Å²) in [6.45, 7) is 15.3. The van der Waals surface area contributed by atoms with Gasteiger partial charge in [0.05, 0.1) is 6.10 Å². The zero-order valence-electron chi connectivity index (χ0n) is 12.3. The topological polar surface area (TPSA) is 24.5 Å². The number of unbranched alkanes of at least 4 members (excludes halogenated alkanes) is 1. The molecule has 3 heteroatoms. The van der Waals surface area contributed by atoms with Crippen LogP contribution in [0, 0.1) is 0 Å². The molecule has 0 aromatic heterocycles. The summed E-state index contributed by atoms with van der Waals surface area (Å²) in [4.78, 5) is 2.51. The molecular formula is C14H32N2O. The van der Waals surface area contributed by atoms with E-state index in [0.717, 1.165) is 32.7 Å². The number of hydrogen-bond donors (Lipinski definition) is 1. The molecule has 3 nitrogen and oxygen atoms in total. The van der Waals surface area contributed by atoms with Gasteiger partial charge in [0.2, 0.25) is 0 Å². The second-order valence-electron chi connectivity index (χ2n) is 4.81. The molecule has 0 aliphatic heterocycles. The van der Waals surface area contributed by atoms with Gasteiger partial charge < -0.3 is 15.0 Å². The quantitative estimate of drug-likeness (QED) is 0.534. The molecule has 0 aliphatic rings. The summed E-state index contributed by atoms with van der Waals surface area (Å²) in [5.74, 6) is 0. The number of rotatable bonds is 12. The third-order valence-electron chi connectivity index (χ3n) is 2.83. The zero-order valence-corrected chi connectivity index (χ0v) is 12.3. The molecule has 0 heterocycles. The maximum absolute atomic E-state index is 5.49. The van der Waals surface area contributed by atoms with Crippen molar-refractivity contribution in [1.82, 2.24) is 10.2 Å². The van der Waals surface area contributed by atoms with E-state index in [9.17, 15) is 0 Å². The molecule has 0 bridgehead atoms. The molecule has 0 fully saturated rings. The highest BCUT2D eigenvalue weighted by Gasteiger charge is 2.00. The fourth-order valence-corrected chi connectivity index (χ4v) is 1.69. The normalized spacial score (nSPS) is 11.6. The van der Waals surface area contributed by atoms with Crippen molar-refractivity contribution in [2.75, 3.05) is 39.3 Å². The second kappa shape index (κ2) is 12.3. The number of hydrogen-bond acceptors (Lipinski definition) is 3. The van der Waals surface area contributed by atoms with Gasteiger partial charge in [-0.15, -0.1) is 0 Å². The molecule has 17 heavy (non-hydrogen) atoms. The largest absolute Gasteiger partial charge is 0.379 e. The molecular weight excluding hydrogens is 212 g/mol. The fraction of sp³-hybridized carbons (Fsp3) is 1.00. The van der Waals surface area contributed by atoms with Gasteiger partial charge in [0.25, 0.3) is 0 Å². The minimum atomic E-state index is 0.361. The molecule has 0 aliphatic carbocycles. The first-order valence-corrected chi connectivity index (χ1v) is 7.25. The molecule has 0 saturated carbocycles. The molecule has 0 spiro atoms. The predicted molar refractivity (Wildman–Crippen MR) is 75.6 cm³/mol. The zero-order chi connectivity index (χ0) is 12.9. The summed E-state index contributed by atoms with van der Waals surface area (Å²) in [5.41, 5.74) is 0. The molecule has 0 radical (unpaired) electrons. The van der Waals surface area contributed by atoms with E-state index in [1.807, 2.05) is 0 Å². The average Bonchev–Trinajstić information content (AvgIpc) is 2.31. The van der Waals surface area contributed by atoms with E-state index >= 15 is 0 Å². The van der Waals surface area contributed by atoms with E-state index in [1.165, 1.54) is 25.9 Å². The highest BCUT2D eigenvalue weighted by Crippen LogP contribution is 1.93. The van der Waals surface area contributed by atoms with Crippen molar-refractivity contribution in [2.24, 2.45) is 0 Å². The lowest BCUT2D eigenvalue weighted by atomic mass is 10.3. The molecule has 0 aromatic carbocycles. The van der Waals surface area contributed by atoms with Gasteiger partial charge >= 0.3 is 0 Å². The molecule has 0 aromatic rings. The van der Waals surface area contributed by atoms with Crippen LogP contribution in [-0.2, 0) is 4.74 Å². The Morgan fingerprint density at radius 3 is 2.41 bits per heavy atom. The van der Waals surface area contributed by atoms with Crippen molar-refractivity contribution in [1.29, 1.82) is 0 Å². The van der Waals surface area contributed by atoms with Crippen molar-refractivity contribution in [3.8, 4) is 0 Å². The van der Waals surface area contributed by atoms with Crippen molar-refractivity contribution >= 4 is 0 Å². The number of nitrogens with zero attached hydrogens (tertiary/aromatic N) is 1. The average molecular weight is 244 g/mol. The number of nitrogens with one attached hydrogen (secondary N) is 1. The van der Waals surface area contributed by atoms with Gasteiger partial charge in [-0.3, -0.25) is 0 Å². The Kier molecular flexibility index (Phi) is 12.3. The smallest absolute Gasteiger partial charge is 0.0518 e. The first-order valence-electron chi connectivity index (χ1n) is 7.25. The minimum Gasteiger partial charge on any atom is -0.379 e. The van der Waals surface area contributed by atoms with Crippen LogP contribution < -0.4 is 5.32 Å². The van der Waals surface area contributed by atoms with Crippen molar-refractivity contribution in [3.63, 3.8) is 0 Å². The van der Waals surface area contributed by atoms with E-state index in [1.54, 1.807) is 0 Å². The molecule has 0 atom stereocenters. The Morgan fingerprint density at radius 2 is 1.82 bits per heavy atom. The maximum atomic E-state index is 5.49. The van der Waals surface area contributed by atoms with Crippen molar-refractivity contribution in [3.05, 3.63) is 0 Å². The Labute approximate surface area is 108 Å². The summed E-state index contributed by atoms with van der Waals surface area (Å²) in [6.07, 6.45) is 4.07. The van der Waals surface area contributed by atoms with Gasteiger partial charge in [-0.05, 0) is 46.3 Å². The fourth-order valence-electron chi connectivity index (χ4n) is 1.69. The van der Waals surface area contributed by atoms with Gasteiger partial charge in [0.1, 0.15) is 0 Å². The van der Waals surface area contributed by atoms with E-state index in [0.29, 0.717) is 6.10 Å². The van der Waals surface area contributed by atoms with Crippen LogP contribution in [0.4, 0.5) is 0 Å². The third-order valence-corrected chi connectivity index (χ3v) is 2.83. The van der Waals surface area contributed by atoms with Crippen molar-refractivity contribution in [2.45, 2.75) is 53.1 Å². The van der Waals surface area contributed by atoms with Crippen molar-refractivity contribution < 1.29 is 4.74 Å². The first-order chi connectivity index (χ1) is 8.20. The Balaban J connectivity index is 3.24. The number of ether oxygens (including phenoxy) is 1. The Bertz CT molecular complexity index is 151. The Hall–Kier alpha value is -0.120. The third kappa shape index (κ3) is 12.1. The van der Waals surface area contributed by atoms with Crippen LogP contribution in [0.3, 0.4) is 0 Å². The summed E-state index contributed by atoms with van der Waals surface area (Å²) in [6, 6.07) is 0. The SMILES string of the molecule is CCCCN(CC)CCNCCCOC(C)C. The van der Waals surface area contributed by atoms with Gasteiger partial charge in [-0.2, -0.15) is 0 Å². The minimum absolute atomic E-state index is 0.361. The standard InChI is InChI=1S/C14H32N2O/c1-5-7-11-16(6-2)12-10-15-9-8-13-17-14(3)4/h14-15H,5-13H2,1-4H3. The lowest BCUT2D eigenvalue weighted by Crippen LogP contribution is -2.33. The summed E-state index contributed by atoms with van der Waals surface area (Å²) < 4.78 is 5.49. The molecule has 0 unspecified atom stereocenters. The number of likely N-dealkylation sites (N-methyl/N-ethyl adjacent to an activating group) is 1. The van der Waals surface area contributed by atoms with Crippen LogP contribution in [-0.4, -0.2) is 50.3 Å². The van der Waals surface area contributed by atoms with Gasteiger partial charge in [0, 0.05) is 19.7 Å². The molecule has 0 rings (SSSR count). The first kappa shape index (κ1) is 16.9. The molecule has 0 amide bonds. The van der Waals surface area contributed by atoms with E-state index in [4.69, 9.17) is 4.74 Å². The van der Waals surface area contributed by atoms with Crippen LogP contribution in [0.1, 0.15) is 47.0 Å². The lowest BCUT2D eigenvalue weighted by molar-refractivity contribution is 0.0770. The van der Waals surface area contributed by atoms with Gasteiger partial charge in [-0.25, -0.2) is 0 Å². The molecule has 104 valence electrons. The van der Waals surface area contributed by atoms with Crippen LogP contribution in [0.15, 0.2) is 0 Å². The van der Waals surface area contributed by atoms with Crippen LogP contribution in [0.25, 0.3) is 0 Å². The van der Waals surface area contributed by atoms with E-state index in [2.05, 4.69) is 37.9 Å². The second-order valence-corrected chi connectivity index (χ2v) is 4.81. The maximum Gasteiger partial charge on any atom is 0.0518 e. The Morgan fingerprint density at radius 1 is 1.06 bits per heavy atom. The summed E-state index contributed by atoms with van der Waals surface area (Å²) >= 11 is 0. The highest BCUT2D eigenvalue weighted by atomic mass is 16.5. The van der Waals surface area contributed by atoms with E-state index in [-0.39, 0.29) is 0 Å². The summed E-state index contributed by atoms with van der Waals surface area (Å²) in [5, 5.41) is 3.48. The lowest BCUT2D eigenvalue weighted by Gasteiger charge is -2.20. The van der Waals surface area contributed by atoms with Gasteiger partial charge in [-0.1, -0.05) is 20.3 Å². The molecule has 0 saturated heterocycles. The summed E-state index contributed by atoms with van der Waals surface area (Å²) in [7, 11) is 0. The van der Waals surface area contributed by atoms with Crippen LogP contribution >= 0.6 is 0 Å². The monoisotopic (exact) mass is 244 g/mol. The molecule has 1 N–H and O–H groups in total.